The summed E-state index contributed by atoms with van der Waals surface area (Å²) in [5.41, 5.74) is 0.425. The number of rotatable bonds is 5. The fourth-order valence-electron chi connectivity index (χ4n) is 1.34. The lowest BCUT2D eigenvalue weighted by Gasteiger charge is -2.11. The van der Waals surface area contributed by atoms with Crippen LogP contribution in [-0.2, 0) is 0 Å². The highest BCUT2D eigenvalue weighted by Crippen LogP contribution is 2.37. The van der Waals surface area contributed by atoms with Crippen LogP contribution in [0.25, 0.3) is 0 Å². The minimum atomic E-state index is -0.101. The molecule has 0 aromatic heterocycles. The van der Waals surface area contributed by atoms with Crippen molar-refractivity contribution in [2.24, 2.45) is 0 Å². The Balaban J connectivity index is 3.20. The second-order valence-electron chi connectivity index (χ2n) is 3.02. The number of hydrogen-bond donors (Lipinski definition) is 0. The van der Waals surface area contributed by atoms with Gasteiger partial charge in [0.05, 0.1) is 19.8 Å². The smallest absolute Gasteiger partial charge is 0.167 e. The Morgan fingerprint density at radius 1 is 1.31 bits per heavy atom. The average Bonchev–Trinajstić information content (AvgIpc) is 2.28. The summed E-state index contributed by atoms with van der Waals surface area (Å²) in [6.45, 7) is 0. The molecular formula is C11H12Cl2O3. The van der Waals surface area contributed by atoms with Crippen molar-refractivity contribution in [1.82, 2.24) is 0 Å². The van der Waals surface area contributed by atoms with Gasteiger partial charge >= 0.3 is 0 Å². The minimum absolute atomic E-state index is 0.101. The molecule has 1 aromatic carbocycles. The maximum absolute atomic E-state index is 11.7. The fourth-order valence-corrected chi connectivity index (χ4v) is 1.83. The van der Waals surface area contributed by atoms with Gasteiger partial charge in [0, 0.05) is 12.3 Å². The number of alkyl halides is 1. The van der Waals surface area contributed by atoms with Gasteiger partial charge in [0.1, 0.15) is 10.8 Å². The Morgan fingerprint density at radius 3 is 2.50 bits per heavy atom. The van der Waals surface area contributed by atoms with Crippen LogP contribution in [0, 0.1) is 0 Å². The second kappa shape index (κ2) is 5.97. The van der Waals surface area contributed by atoms with Crippen LogP contribution in [0.3, 0.4) is 0 Å². The standard InChI is InChI=1S/C11H12Cl2O3/c1-15-9-4-3-7(8(14)5-6-12)11(16-2)10(9)13/h3-4H,5-6H2,1-2H3. The molecule has 0 amide bonds. The van der Waals surface area contributed by atoms with Gasteiger partial charge in [0.25, 0.3) is 0 Å². The molecule has 0 radical (unpaired) electrons. The molecule has 1 rings (SSSR count). The van der Waals surface area contributed by atoms with Gasteiger partial charge in [0.15, 0.2) is 11.5 Å². The highest BCUT2D eigenvalue weighted by molar-refractivity contribution is 6.34. The summed E-state index contributed by atoms with van der Waals surface area (Å²) in [5, 5.41) is 0.297. The third-order valence-corrected chi connectivity index (χ3v) is 2.65. The van der Waals surface area contributed by atoms with E-state index < -0.39 is 0 Å². The molecule has 0 aliphatic carbocycles. The van der Waals surface area contributed by atoms with E-state index in [-0.39, 0.29) is 18.1 Å². The molecule has 16 heavy (non-hydrogen) atoms. The van der Waals surface area contributed by atoms with Crippen LogP contribution >= 0.6 is 23.2 Å². The summed E-state index contributed by atoms with van der Waals surface area (Å²) in [6.07, 6.45) is 0.251. The van der Waals surface area contributed by atoms with Crippen LogP contribution in [0.4, 0.5) is 0 Å². The van der Waals surface area contributed by atoms with Crippen LogP contribution in [0.5, 0.6) is 11.5 Å². The van der Waals surface area contributed by atoms with Crippen LogP contribution < -0.4 is 9.47 Å². The molecule has 0 spiro atoms. The molecule has 1 aromatic rings. The van der Waals surface area contributed by atoms with Crippen molar-refractivity contribution >= 4 is 29.0 Å². The summed E-state index contributed by atoms with van der Waals surface area (Å²) >= 11 is 11.5. The zero-order valence-corrected chi connectivity index (χ0v) is 10.6. The van der Waals surface area contributed by atoms with Crippen molar-refractivity contribution in [1.29, 1.82) is 0 Å². The number of ether oxygens (including phenoxy) is 2. The van der Waals surface area contributed by atoms with E-state index in [4.69, 9.17) is 32.7 Å². The SMILES string of the molecule is COc1ccc(C(=O)CCCl)c(OC)c1Cl. The summed E-state index contributed by atoms with van der Waals surface area (Å²) in [5.74, 6) is 0.972. The number of halogens is 2. The Morgan fingerprint density at radius 2 is 2.00 bits per heavy atom. The number of Topliss-reactive ketones (excluding diaryl/α,β-unsaturated/α-hetero) is 1. The molecule has 0 aliphatic heterocycles. The van der Waals surface area contributed by atoms with Crippen LogP contribution in [0.1, 0.15) is 16.8 Å². The van der Waals surface area contributed by atoms with Crippen molar-refractivity contribution in [3.63, 3.8) is 0 Å². The summed E-state index contributed by atoms with van der Waals surface area (Å²) in [4.78, 5) is 11.7. The zero-order chi connectivity index (χ0) is 12.1. The summed E-state index contributed by atoms with van der Waals surface area (Å²) < 4.78 is 10.1. The first-order valence-electron chi connectivity index (χ1n) is 4.65. The second-order valence-corrected chi connectivity index (χ2v) is 3.78. The number of ketones is 1. The Kier molecular flexibility index (Phi) is 4.90. The lowest BCUT2D eigenvalue weighted by molar-refractivity contribution is 0.0986. The van der Waals surface area contributed by atoms with E-state index in [1.165, 1.54) is 14.2 Å². The largest absolute Gasteiger partial charge is 0.495 e. The number of carbonyl (C=O) groups excluding carboxylic acids is 1. The molecule has 0 aliphatic rings. The number of hydrogen-bond acceptors (Lipinski definition) is 3. The van der Waals surface area contributed by atoms with Gasteiger partial charge in [-0.25, -0.2) is 0 Å². The van der Waals surface area contributed by atoms with Gasteiger partial charge in [-0.1, -0.05) is 11.6 Å². The van der Waals surface area contributed by atoms with Crippen molar-refractivity contribution < 1.29 is 14.3 Å². The predicted molar refractivity (Wildman–Crippen MR) is 64.2 cm³/mol. The van der Waals surface area contributed by atoms with Gasteiger partial charge in [-0.15, -0.1) is 11.6 Å². The molecular weight excluding hydrogens is 251 g/mol. The van der Waals surface area contributed by atoms with E-state index in [0.29, 0.717) is 22.1 Å². The molecule has 88 valence electrons. The van der Waals surface area contributed by atoms with Gasteiger partial charge in [-0.3, -0.25) is 4.79 Å². The lowest BCUT2D eigenvalue weighted by Crippen LogP contribution is -2.04. The maximum Gasteiger partial charge on any atom is 0.167 e. The van der Waals surface area contributed by atoms with Gasteiger partial charge < -0.3 is 9.47 Å². The maximum atomic E-state index is 11.7. The highest BCUT2D eigenvalue weighted by Gasteiger charge is 2.17. The molecule has 0 saturated heterocycles. The predicted octanol–water partition coefficient (Wildman–Crippen LogP) is 3.17. The van der Waals surface area contributed by atoms with E-state index in [1.54, 1.807) is 12.1 Å². The Bertz CT molecular complexity index is 391. The van der Waals surface area contributed by atoms with Gasteiger partial charge in [-0.2, -0.15) is 0 Å². The lowest BCUT2D eigenvalue weighted by atomic mass is 10.1. The van der Waals surface area contributed by atoms with Crippen molar-refractivity contribution in [3.8, 4) is 11.5 Å². The normalized spacial score (nSPS) is 10.0. The molecule has 0 N–H and O–H groups in total. The van der Waals surface area contributed by atoms with Crippen molar-refractivity contribution in [2.45, 2.75) is 6.42 Å². The number of methoxy groups -OCH3 is 2. The number of carbonyl (C=O) groups is 1. The average molecular weight is 263 g/mol. The quantitative estimate of drug-likeness (QED) is 0.604. The number of benzene rings is 1. The van der Waals surface area contributed by atoms with Crippen molar-refractivity contribution in [3.05, 3.63) is 22.7 Å². The molecule has 0 unspecified atom stereocenters. The van der Waals surface area contributed by atoms with E-state index in [1.807, 2.05) is 0 Å². The summed E-state index contributed by atoms with van der Waals surface area (Å²) in [6, 6.07) is 3.25. The third-order valence-electron chi connectivity index (χ3n) is 2.11. The van der Waals surface area contributed by atoms with Gasteiger partial charge in [-0.05, 0) is 12.1 Å². The van der Waals surface area contributed by atoms with E-state index in [2.05, 4.69) is 0 Å². The van der Waals surface area contributed by atoms with E-state index in [9.17, 15) is 4.79 Å². The van der Waals surface area contributed by atoms with Crippen LogP contribution in [-0.4, -0.2) is 25.9 Å². The molecule has 0 heterocycles. The zero-order valence-electron chi connectivity index (χ0n) is 9.05. The topological polar surface area (TPSA) is 35.5 Å². The van der Waals surface area contributed by atoms with Crippen molar-refractivity contribution in [2.75, 3.05) is 20.1 Å². The first-order chi connectivity index (χ1) is 7.65. The fraction of sp³-hybridized carbons (Fsp3) is 0.364. The Hall–Kier alpha value is -0.930. The first-order valence-corrected chi connectivity index (χ1v) is 5.56. The van der Waals surface area contributed by atoms with Crippen LogP contribution in [0.2, 0.25) is 5.02 Å². The first kappa shape index (κ1) is 13.1. The molecule has 0 fully saturated rings. The van der Waals surface area contributed by atoms with Gasteiger partial charge in [0.2, 0.25) is 0 Å². The highest BCUT2D eigenvalue weighted by atomic mass is 35.5. The van der Waals surface area contributed by atoms with E-state index >= 15 is 0 Å². The molecule has 0 saturated carbocycles. The minimum Gasteiger partial charge on any atom is -0.495 e. The molecule has 5 heteroatoms. The van der Waals surface area contributed by atoms with Crippen LogP contribution in [0.15, 0.2) is 12.1 Å². The molecule has 3 nitrogen and oxygen atoms in total. The third kappa shape index (κ3) is 2.60. The summed E-state index contributed by atoms with van der Waals surface area (Å²) in [7, 11) is 2.96. The monoisotopic (exact) mass is 262 g/mol. The molecule has 0 atom stereocenters. The Labute approximate surface area is 104 Å². The van der Waals surface area contributed by atoms with E-state index in [0.717, 1.165) is 0 Å². The molecule has 0 bridgehead atoms.